The summed E-state index contributed by atoms with van der Waals surface area (Å²) in [5.74, 6) is -0.686. The average molecular weight is 370 g/mol. The first kappa shape index (κ1) is 20.0. The molecule has 7 nitrogen and oxygen atoms in total. The Morgan fingerprint density at radius 2 is 1.52 bits per heavy atom. The second-order valence-corrected chi connectivity index (χ2v) is 5.74. The van der Waals surface area contributed by atoms with Crippen LogP contribution in [-0.4, -0.2) is 30.5 Å². The predicted molar refractivity (Wildman–Crippen MR) is 101 cm³/mol. The first-order valence-corrected chi connectivity index (χ1v) is 8.53. The van der Waals surface area contributed by atoms with E-state index < -0.39 is 24.6 Å². The lowest BCUT2D eigenvalue weighted by Gasteiger charge is -2.16. The van der Waals surface area contributed by atoms with Crippen molar-refractivity contribution in [3.63, 3.8) is 0 Å². The van der Waals surface area contributed by atoms with Crippen LogP contribution >= 0.6 is 0 Å². The van der Waals surface area contributed by atoms with Gasteiger partial charge >= 0.3 is 5.97 Å². The third-order valence-corrected chi connectivity index (χ3v) is 3.49. The van der Waals surface area contributed by atoms with Crippen LogP contribution in [0.3, 0.4) is 0 Å². The fourth-order valence-electron chi connectivity index (χ4n) is 2.23. The Morgan fingerprint density at radius 3 is 2.07 bits per heavy atom. The Balaban J connectivity index is 1.81. The zero-order valence-electron chi connectivity index (χ0n) is 15.2. The van der Waals surface area contributed by atoms with Crippen molar-refractivity contribution >= 4 is 29.2 Å². The van der Waals surface area contributed by atoms with E-state index in [0.29, 0.717) is 23.5 Å². The molecule has 0 saturated carbocycles. The number of nitrogens with one attached hydrogen (secondary N) is 2. The van der Waals surface area contributed by atoms with E-state index in [1.807, 2.05) is 6.07 Å². The van der Waals surface area contributed by atoms with E-state index >= 15 is 0 Å². The van der Waals surface area contributed by atoms with Crippen molar-refractivity contribution in [2.24, 2.45) is 0 Å². The molecular weight excluding hydrogens is 348 g/mol. The number of ether oxygens (including phenoxy) is 2. The predicted octanol–water partition coefficient (Wildman–Crippen LogP) is 2.98. The zero-order chi connectivity index (χ0) is 19.6. The van der Waals surface area contributed by atoms with E-state index in [0.717, 1.165) is 0 Å². The number of hydrogen-bond acceptors (Lipinski definition) is 5. The lowest BCUT2D eigenvalue weighted by atomic mass is 10.2. The summed E-state index contributed by atoms with van der Waals surface area (Å²) >= 11 is 0. The molecule has 2 rings (SSSR count). The molecule has 2 amide bonds. The molecule has 2 N–H and O–H groups in total. The summed E-state index contributed by atoms with van der Waals surface area (Å²) < 4.78 is 10.6. The smallest absolute Gasteiger partial charge is 0.347 e. The second-order valence-electron chi connectivity index (χ2n) is 5.74. The van der Waals surface area contributed by atoms with Gasteiger partial charge in [-0.25, -0.2) is 4.79 Å². The van der Waals surface area contributed by atoms with E-state index in [9.17, 15) is 14.4 Å². The van der Waals surface area contributed by atoms with Crippen LogP contribution in [-0.2, 0) is 19.1 Å². The average Bonchev–Trinajstić information content (AvgIpc) is 2.66. The van der Waals surface area contributed by atoms with Crippen LogP contribution in [0.5, 0.6) is 5.75 Å². The first-order valence-electron chi connectivity index (χ1n) is 8.53. The normalized spacial score (nSPS) is 11.2. The minimum absolute atomic E-state index is 0.179. The molecule has 0 fully saturated rings. The van der Waals surface area contributed by atoms with E-state index in [1.165, 1.54) is 6.92 Å². The molecule has 1 atom stereocenters. The summed E-state index contributed by atoms with van der Waals surface area (Å²) in [7, 11) is 0. The van der Waals surface area contributed by atoms with Crippen molar-refractivity contribution < 1.29 is 23.9 Å². The standard InChI is InChI=1S/C20H22N2O5/c1-3-18(27-17-7-5-4-6-8-17)20(25)26-13-19(24)22-16-11-9-15(10-12-16)21-14(2)23/h4-12,18H,3,13H2,1-2H3,(H,21,23)(H,22,24)/t18-/m0/s1. The highest BCUT2D eigenvalue weighted by Gasteiger charge is 2.21. The Hall–Kier alpha value is -3.35. The molecule has 0 unspecified atom stereocenters. The summed E-state index contributed by atoms with van der Waals surface area (Å²) in [6.07, 6.45) is -0.364. The molecule has 0 bridgehead atoms. The number of para-hydroxylation sites is 1. The van der Waals surface area contributed by atoms with Gasteiger partial charge in [-0.15, -0.1) is 0 Å². The minimum Gasteiger partial charge on any atom is -0.479 e. The molecule has 142 valence electrons. The fraction of sp³-hybridized carbons (Fsp3) is 0.250. The number of anilines is 2. The quantitative estimate of drug-likeness (QED) is 0.697. The van der Waals surface area contributed by atoms with E-state index in [1.54, 1.807) is 55.5 Å². The SMILES string of the molecule is CC[C@H](Oc1ccccc1)C(=O)OCC(=O)Nc1ccc(NC(C)=O)cc1. The van der Waals surface area contributed by atoms with Gasteiger partial charge in [-0.2, -0.15) is 0 Å². The van der Waals surface area contributed by atoms with E-state index in [-0.39, 0.29) is 5.91 Å². The molecule has 0 saturated heterocycles. The van der Waals surface area contributed by atoms with Crippen molar-refractivity contribution in [1.82, 2.24) is 0 Å². The van der Waals surface area contributed by atoms with Crippen molar-refractivity contribution in [3.05, 3.63) is 54.6 Å². The molecule has 7 heteroatoms. The van der Waals surface area contributed by atoms with Gasteiger partial charge in [0.15, 0.2) is 12.7 Å². The van der Waals surface area contributed by atoms with Gasteiger partial charge in [-0.05, 0) is 42.8 Å². The van der Waals surface area contributed by atoms with Gasteiger partial charge in [0.05, 0.1) is 0 Å². The third kappa shape index (κ3) is 6.81. The lowest BCUT2D eigenvalue weighted by molar-refractivity contribution is -0.154. The van der Waals surface area contributed by atoms with Crippen molar-refractivity contribution in [2.45, 2.75) is 26.4 Å². The van der Waals surface area contributed by atoms with Crippen LogP contribution in [0.25, 0.3) is 0 Å². The molecule has 0 radical (unpaired) electrons. The van der Waals surface area contributed by atoms with Crippen LogP contribution in [0.2, 0.25) is 0 Å². The molecule has 2 aromatic rings. The highest BCUT2D eigenvalue weighted by atomic mass is 16.6. The number of carbonyl (C=O) groups excluding carboxylic acids is 3. The first-order chi connectivity index (χ1) is 13.0. The molecular formula is C20H22N2O5. The maximum absolute atomic E-state index is 12.1. The molecule has 0 aliphatic heterocycles. The topological polar surface area (TPSA) is 93.7 Å². The monoisotopic (exact) mass is 370 g/mol. The van der Waals surface area contributed by atoms with E-state index in [2.05, 4.69) is 10.6 Å². The summed E-state index contributed by atoms with van der Waals surface area (Å²) in [6, 6.07) is 15.5. The van der Waals surface area contributed by atoms with Crippen LogP contribution in [0.1, 0.15) is 20.3 Å². The Kier molecular flexibility index (Phi) is 7.37. The van der Waals surface area contributed by atoms with Gasteiger partial charge in [0.1, 0.15) is 5.75 Å². The van der Waals surface area contributed by atoms with Crippen molar-refractivity contribution in [2.75, 3.05) is 17.2 Å². The van der Waals surface area contributed by atoms with Crippen LogP contribution in [0, 0.1) is 0 Å². The van der Waals surface area contributed by atoms with E-state index in [4.69, 9.17) is 9.47 Å². The van der Waals surface area contributed by atoms with Gasteiger partial charge in [0, 0.05) is 18.3 Å². The second kappa shape index (κ2) is 9.96. The maximum atomic E-state index is 12.1. The summed E-state index contributed by atoms with van der Waals surface area (Å²) in [5, 5.41) is 5.24. The highest BCUT2D eigenvalue weighted by molar-refractivity contribution is 5.94. The number of amides is 2. The van der Waals surface area contributed by atoms with Gasteiger partial charge in [0.25, 0.3) is 5.91 Å². The maximum Gasteiger partial charge on any atom is 0.347 e. The molecule has 0 heterocycles. The number of esters is 1. The summed E-state index contributed by atoms with van der Waals surface area (Å²) in [5.41, 5.74) is 1.15. The van der Waals surface area contributed by atoms with Gasteiger partial charge in [-0.3, -0.25) is 9.59 Å². The fourth-order valence-corrected chi connectivity index (χ4v) is 2.23. The summed E-state index contributed by atoms with van der Waals surface area (Å²) in [6.45, 7) is 2.79. The van der Waals surface area contributed by atoms with Gasteiger partial charge < -0.3 is 20.1 Å². The number of rotatable bonds is 8. The van der Waals surface area contributed by atoms with Crippen molar-refractivity contribution in [1.29, 1.82) is 0 Å². The number of hydrogen-bond donors (Lipinski definition) is 2. The molecule has 0 aliphatic carbocycles. The molecule has 0 spiro atoms. The molecule has 2 aromatic carbocycles. The minimum atomic E-state index is -0.780. The van der Waals surface area contributed by atoms with Gasteiger partial charge in [0.2, 0.25) is 5.91 Å². The highest BCUT2D eigenvalue weighted by Crippen LogP contribution is 2.15. The van der Waals surface area contributed by atoms with Crippen LogP contribution in [0.15, 0.2) is 54.6 Å². The number of benzene rings is 2. The zero-order valence-corrected chi connectivity index (χ0v) is 15.2. The number of carbonyl (C=O) groups is 3. The molecule has 0 aromatic heterocycles. The van der Waals surface area contributed by atoms with Crippen LogP contribution < -0.4 is 15.4 Å². The molecule has 27 heavy (non-hydrogen) atoms. The summed E-state index contributed by atoms with van der Waals surface area (Å²) in [4.78, 5) is 35.0. The third-order valence-electron chi connectivity index (χ3n) is 3.49. The Bertz CT molecular complexity index is 775. The lowest BCUT2D eigenvalue weighted by Crippen LogP contribution is -2.31. The molecule has 0 aliphatic rings. The van der Waals surface area contributed by atoms with Crippen LogP contribution in [0.4, 0.5) is 11.4 Å². The largest absolute Gasteiger partial charge is 0.479 e. The Labute approximate surface area is 157 Å². The Morgan fingerprint density at radius 1 is 0.926 bits per heavy atom. The van der Waals surface area contributed by atoms with Crippen molar-refractivity contribution in [3.8, 4) is 5.75 Å². The van der Waals surface area contributed by atoms with Gasteiger partial charge in [-0.1, -0.05) is 25.1 Å².